The summed E-state index contributed by atoms with van der Waals surface area (Å²) in [6.07, 6.45) is 2.18. The first-order valence-corrected chi connectivity index (χ1v) is 15.2. The van der Waals surface area contributed by atoms with E-state index >= 15 is 0 Å². The van der Waals surface area contributed by atoms with Crippen LogP contribution in [0.15, 0.2) is 34.4 Å². The van der Waals surface area contributed by atoms with Crippen molar-refractivity contribution in [3.05, 3.63) is 73.4 Å². The van der Waals surface area contributed by atoms with Gasteiger partial charge in [0.1, 0.15) is 29.2 Å². The van der Waals surface area contributed by atoms with Crippen molar-refractivity contribution in [1.82, 2.24) is 24.2 Å². The van der Waals surface area contributed by atoms with E-state index in [0.717, 1.165) is 40.0 Å². The highest BCUT2D eigenvalue weighted by Gasteiger charge is 2.22. The number of amides is 1. The van der Waals surface area contributed by atoms with Gasteiger partial charge in [-0.1, -0.05) is 11.6 Å². The fourth-order valence-electron chi connectivity index (χ4n) is 4.80. The van der Waals surface area contributed by atoms with Crippen LogP contribution >= 0.6 is 22.9 Å². The Balaban J connectivity index is 1.46. The van der Waals surface area contributed by atoms with Crippen LogP contribution in [0.5, 0.6) is 5.75 Å². The fourth-order valence-corrected chi connectivity index (χ4v) is 6.36. The zero-order chi connectivity index (χ0) is 27.8. The van der Waals surface area contributed by atoms with Gasteiger partial charge >= 0.3 is 0 Å². The molecule has 39 heavy (non-hydrogen) atoms. The maximum absolute atomic E-state index is 13.2. The number of ether oxygens (including phenoxy) is 1. The van der Waals surface area contributed by atoms with Crippen molar-refractivity contribution in [3.63, 3.8) is 0 Å². The Morgan fingerprint density at radius 2 is 2.03 bits per heavy atom. The molecular formula is C27H28ClN5O4S2. The third kappa shape index (κ3) is 5.62. The van der Waals surface area contributed by atoms with Gasteiger partial charge in [0.25, 0.3) is 11.5 Å². The number of aryl methyl sites for hydroxylation is 2. The Kier molecular flexibility index (Phi) is 7.86. The van der Waals surface area contributed by atoms with E-state index in [1.807, 2.05) is 33.0 Å². The highest BCUT2D eigenvalue weighted by Crippen LogP contribution is 2.40. The topological polar surface area (TPSA) is 106 Å². The van der Waals surface area contributed by atoms with Crippen LogP contribution in [-0.2, 0) is 30.5 Å². The Labute approximate surface area is 237 Å². The van der Waals surface area contributed by atoms with E-state index in [0.29, 0.717) is 46.5 Å². The van der Waals surface area contributed by atoms with Crippen molar-refractivity contribution in [2.24, 2.45) is 0 Å². The first-order chi connectivity index (χ1) is 18.6. The maximum atomic E-state index is 13.2. The molecule has 1 amide bonds. The molecule has 4 heterocycles. The Bertz CT molecular complexity index is 1680. The molecule has 0 saturated carbocycles. The molecule has 0 fully saturated rings. The van der Waals surface area contributed by atoms with Crippen molar-refractivity contribution in [3.8, 4) is 16.9 Å². The van der Waals surface area contributed by atoms with Crippen LogP contribution in [0.3, 0.4) is 0 Å². The summed E-state index contributed by atoms with van der Waals surface area (Å²) >= 11 is 7.77. The number of carbonyl (C=O) groups excluding carboxylic acids is 1. The number of hydrogen-bond donors (Lipinski definition) is 1. The Morgan fingerprint density at radius 1 is 1.23 bits per heavy atom. The molecule has 1 atom stereocenters. The van der Waals surface area contributed by atoms with Gasteiger partial charge in [-0.3, -0.25) is 23.9 Å². The van der Waals surface area contributed by atoms with E-state index in [-0.39, 0.29) is 12.2 Å². The second kappa shape index (κ2) is 11.2. The normalized spacial score (nSPS) is 14.3. The van der Waals surface area contributed by atoms with Crippen LogP contribution < -0.4 is 15.0 Å². The zero-order valence-electron chi connectivity index (χ0n) is 22.0. The molecule has 0 radical (unpaired) electrons. The third-order valence-electron chi connectivity index (χ3n) is 6.63. The minimum Gasteiger partial charge on any atom is -0.491 e. The molecule has 5 rings (SSSR count). The van der Waals surface area contributed by atoms with Gasteiger partial charge in [0.15, 0.2) is 0 Å². The number of hydrogen-bond acceptors (Lipinski definition) is 8. The standard InChI is InChI=1S/C27H28ClN5O4S2/c1-15-11-19(25-24(29-15)21(14-38-25)26(34)31-39(4)36)18-12-17(28)5-6-23(18)37-10-9-33-16(2)30-22-7-8-32(3)13-20(22)27(33)35/h5-6,11-12,14H,7-10,13H2,1-4H3,(H,31,34). The minimum absolute atomic E-state index is 0.0205. The third-order valence-corrected chi connectivity index (χ3v) is 8.34. The van der Waals surface area contributed by atoms with Crippen molar-refractivity contribution in [2.75, 3.05) is 26.5 Å². The number of carbonyl (C=O) groups is 1. The smallest absolute Gasteiger partial charge is 0.265 e. The molecule has 1 aliphatic heterocycles. The number of nitrogens with zero attached hydrogens (tertiary/aromatic N) is 4. The van der Waals surface area contributed by atoms with Crippen molar-refractivity contribution >= 4 is 50.0 Å². The quantitative estimate of drug-likeness (QED) is 0.351. The molecule has 4 aromatic rings. The summed E-state index contributed by atoms with van der Waals surface area (Å²) < 4.78 is 22.7. The second-order valence-corrected chi connectivity index (χ2v) is 12.0. The van der Waals surface area contributed by atoms with Gasteiger partial charge in [-0.2, -0.15) is 0 Å². The van der Waals surface area contributed by atoms with E-state index in [1.54, 1.807) is 22.1 Å². The summed E-state index contributed by atoms with van der Waals surface area (Å²) in [6, 6.07) is 7.30. The number of halogens is 1. The average Bonchev–Trinajstić information content (AvgIpc) is 3.30. The Hall–Kier alpha value is -3.12. The van der Waals surface area contributed by atoms with Gasteiger partial charge in [-0.15, -0.1) is 11.3 Å². The summed E-state index contributed by atoms with van der Waals surface area (Å²) in [5.41, 5.74) is 4.79. The van der Waals surface area contributed by atoms with Gasteiger partial charge in [-0.05, 0) is 45.2 Å². The van der Waals surface area contributed by atoms with Gasteiger partial charge in [0.05, 0.1) is 33.6 Å². The molecule has 0 aliphatic carbocycles. The van der Waals surface area contributed by atoms with Crippen LogP contribution in [0, 0.1) is 13.8 Å². The van der Waals surface area contributed by atoms with Crippen LogP contribution in [0.2, 0.25) is 5.02 Å². The molecule has 1 aromatic carbocycles. The monoisotopic (exact) mass is 585 g/mol. The zero-order valence-corrected chi connectivity index (χ0v) is 24.4. The van der Waals surface area contributed by atoms with Crippen molar-refractivity contribution in [1.29, 1.82) is 0 Å². The summed E-state index contributed by atoms with van der Waals surface area (Å²) in [7, 11) is 0.509. The lowest BCUT2D eigenvalue weighted by atomic mass is 10.0. The van der Waals surface area contributed by atoms with E-state index in [4.69, 9.17) is 21.3 Å². The second-order valence-electron chi connectivity index (χ2n) is 9.54. The van der Waals surface area contributed by atoms with E-state index in [2.05, 4.69) is 14.6 Å². The fraction of sp³-hybridized carbons (Fsp3) is 0.333. The van der Waals surface area contributed by atoms with Gasteiger partial charge in [0, 0.05) is 53.0 Å². The summed E-state index contributed by atoms with van der Waals surface area (Å²) in [4.78, 5) is 37.3. The molecular weight excluding hydrogens is 558 g/mol. The minimum atomic E-state index is -1.49. The predicted molar refractivity (Wildman–Crippen MR) is 155 cm³/mol. The first-order valence-electron chi connectivity index (χ1n) is 12.4. The lowest BCUT2D eigenvalue weighted by molar-refractivity contribution is 0.0985. The Morgan fingerprint density at radius 3 is 2.79 bits per heavy atom. The van der Waals surface area contributed by atoms with Crippen LogP contribution in [0.25, 0.3) is 21.3 Å². The summed E-state index contributed by atoms with van der Waals surface area (Å²) in [5, 5.41) is 2.25. The van der Waals surface area contributed by atoms with E-state index in [1.165, 1.54) is 17.6 Å². The molecule has 0 saturated heterocycles. The largest absolute Gasteiger partial charge is 0.491 e. The molecule has 9 nitrogen and oxygen atoms in total. The predicted octanol–water partition coefficient (Wildman–Crippen LogP) is 3.88. The SMILES string of the molecule is Cc1cc(-c2cc(Cl)ccc2OCCn2c(C)nc3c(c2=O)CN(C)CC3)c2scc(C(=O)NS(C)=O)c2n1. The molecule has 204 valence electrons. The lowest BCUT2D eigenvalue weighted by Crippen LogP contribution is -2.37. The highest BCUT2D eigenvalue weighted by atomic mass is 35.5. The number of likely N-dealkylation sites (N-methyl/N-ethyl adjacent to an activating group) is 1. The average molecular weight is 586 g/mol. The number of thiophene rings is 1. The number of nitrogens with one attached hydrogen (secondary N) is 1. The van der Waals surface area contributed by atoms with E-state index in [9.17, 15) is 13.8 Å². The molecule has 12 heteroatoms. The molecule has 0 spiro atoms. The van der Waals surface area contributed by atoms with E-state index < -0.39 is 16.9 Å². The number of rotatable bonds is 7. The molecule has 1 aliphatic rings. The summed E-state index contributed by atoms with van der Waals surface area (Å²) in [5.74, 6) is 0.822. The number of aromatic nitrogens is 3. The van der Waals surface area contributed by atoms with Crippen molar-refractivity contribution in [2.45, 2.75) is 33.4 Å². The molecule has 1 unspecified atom stereocenters. The van der Waals surface area contributed by atoms with Crippen LogP contribution in [0.1, 0.15) is 33.1 Å². The molecule has 3 aromatic heterocycles. The lowest BCUT2D eigenvalue weighted by Gasteiger charge is -2.25. The molecule has 0 bridgehead atoms. The van der Waals surface area contributed by atoms with Crippen LogP contribution in [-0.4, -0.2) is 56.0 Å². The number of fused-ring (bicyclic) bond motifs is 2. The maximum Gasteiger partial charge on any atom is 0.265 e. The highest BCUT2D eigenvalue weighted by molar-refractivity contribution is 7.82. The summed E-state index contributed by atoms with van der Waals surface area (Å²) in [6.45, 7) is 5.78. The molecule has 1 N–H and O–H groups in total. The van der Waals surface area contributed by atoms with Gasteiger partial charge < -0.3 is 9.64 Å². The number of benzene rings is 1. The number of pyridine rings is 1. The van der Waals surface area contributed by atoms with Crippen molar-refractivity contribution < 1.29 is 13.7 Å². The first kappa shape index (κ1) is 27.4. The van der Waals surface area contributed by atoms with Gasteiger partial charge in [-0.25, -0.2) is 9.19 Å². The van der Waals surface area contributed by atoms with Gasteiger partial charge in [0.2, 0.25) is 0 Å². The van der Waals surface area contributed by atoms with Crippen LogP contribution in [0.4, 0.5) is 0 Å².